The number of rotatable bonds is 0. The molecule has 0 aliphatic heterocycles. The maximum atomic E-state index is 4.43. The molecule has 0 aromatic heterocycles. The van der Waals surface area contributed by atoms with Crippen LogP contribution in [0.4, 0.5) is 0 Å². The van der Waals surface area contributed by atoms with Crippen LogP contribution in [-0.2, 0) is 0 Å². The number of thiol groups is 1. The van der Waals surface area contributed by atoms with Crippen LogP contribution in [0.5, 0.6) is 0 Å². The van der Waals surface area contributed by atoms with Crippen molar-refractivity contribution < 1.29 is 0 Å². The molecule has 9 heavy (non-hydrogen) atoms. The third kappa shape index (κ3) is 1.51. The Bertz CT molecular complexity index is 118. The second-order valence-corrected chi connectivity index (χ2v) is 3.59. The van der Waals surface area contributed by atoms with Crippen LogP contribution >= 0.6 is 12.6 Å². The van der Waals surface area contributed by atoms with E-state index in [2.05, 4.69) is 38.6 Å². The Labute approximate surface area is 62.8 Å². The van der Waals surface area contributed by atoms with Gasteiger partial charge in [-0.1, -0.05) is 26.0 Å². The molecule has 0 aromatic rings. The largest absolute Gasteiger partial charge is 0.171 e. The molecule has 0 radical (unpaired) electrons. The molecule has 0 saturated heterocycles. The van der Waals surface area contributed by atoms with Crippen LogP contribution in [0.15, 0.2) is 12.2 Å². The number of hydrogen-bond acceptors (Lipinski definition) is 1. The van der Waals surface area contributed by atoms with Crippen molar-refractivity contribution in [2.24, 2.45) is 11.8 Å². The SMILES string of the molecule is CC1CC=CC(S)C1C. The summed E-state index contributed by atoms with van der Waals surface area (Å²) in [6.45, 7) is 4.56. The van der Waals surface area contributed by atoms with Gasteiger partial charge in [-0.2, -0.15) is 12.6 Å². The molecule has 0 fully saturated rings. The van der Waals surface area contributed by atoms with Crippen LogP contribution in [0, 0.1) is 11.8 Å². The lowest BCUT2D eigenvalue weighted by Crippen LogP contribution is -2.20. The van der Waals surface area contributed by atoms with Crippen LogP contribution in [0.1, 0.15) is 20.3 Å². The molecule has 0 spiro atoms. The minimum atomic E-state index is 0.494. The van der Waals surface area contributed by atoms with E-state index in [4.69, 9.17) is 0 Å². The van der Waals surface area contributed by atoms with Crippen LogP contribution in [0.2, 0.25) is 0 Å². The molecule has 0 aromatic carbocycles. The summed E-state index contributed by atoms with van der Waals surface area (Å²) >= 11 is 4.43. The Balaban J connectivity index is 2.58. The van der Waals surface area contributed by atoms with Crippen LogP contribution in [0.3, 0.4) is 0 Å². The monoisotopic (exact) mass is 142 g/mol. The van der Waals surface area contributed by atoms with E-state index in [-0.39, 0.29) is 0 Å². The van der Waals surface area contributed by atoms with Crippen molar-refractivity contribution in [3.63, 3.8) is 0 Å². The highest BCUT2D eigenvalue weighted by atomic mass is 32.1. The van der Waals surface area contributed by atoms with Crippen molar-refractivity contribution in [2.75, 3.05) is 0 Å². The van der Waals surface area contributed by atoms with Gasteiger partial charge in [-0.25, -0.2) is 0 Å². The van der Waals surface area contributed by atoms with Gasteiger partial charge < -0.3 is 0 Å². The molecule has 1 heteroatoms. The van der Waals surface area contributed by atoms with Crippen molar-refractivity contribution in [1.82, 2.24) is 0 Å². The predicted molar refractivity (Wildman–Crippen MR) is 44.9 cm³/mol. The topological polar surface area (TPSA) is 0 Å². The van der Waals surface area contributed by atoms with Gasteiger partial charge in [0.1, 0.15) is 0 Å². The molecule has 1 aliphatic carbocycles. The third-order valence-electron chi connectivity index (χ3n) is 2.28. The van der Waals surface area contributed by atoms with Gasteiger partial charge in [0.25, 0.3) is 0 Å². The Morgan fingerprint density at radius 3 is 2.56 bits per heavy atom. The summed E-state index contributed by atoms with van der Waals surface area (Å²) in [5, 5.41) is 0.494. The summed E-state index contributed by atoms with van der Waals surface area (Å²) in [7, 11) is 0. The van der Waals surface area contributed by atoms with E-state index in [1.165, 1.54) is 6.42 Å². The summed E-state index contributed by atoms with van der Waals surface area (Å²) in [4.78, 5) is 0. The fourth-order valence-electron chi connectivity index (χ4n) is 1.16. The normalized spacial score (nSPS) is 43.2. The summed E-state index contributed by atoms with van der Waals surface area (Å²) in [6, 6.07) is 0. The zero-order chi connectivity index (χ0) is 6.85. The van der Waals surface area contributed by atoms with Gasteiger partial charge in [0.05, 0.1) is 0 Å². The zero-order valence-corrected chi connectivity index (χ0v) is 6.94. The predicted octanol–water partition coefficient (Wildman–Crippen LogP) is 2.52. The maximum absolute atomic E-state index is 4.43. The zero-order valence-electron chi connectivity index (χ0n) is 6.04. The summed E-state index contributed by atoms with van der Waals surface area (Å²) in [6.07, 6.45) is 5.67. The minimum absolute atomic E-state index is 0.494. The van der Waals surface area contributed by atoms with E-state index >= 15 is 0 Å². The van der Waals surface area contributed by atoms with Crippen molar-refractivity contribution in [1.29, 1.82) is 0 Å². The first-order chi connectivity index (χ1) is 4.22. The highest BCUT2D eigenvalue weighted by Gasteiger charge is 2.19. The second-order valence-electron chi connectivity index (χ2n) is 2.99. The molecule has 0 bridgehead atoms. The van der Waals surface area contributed by atoms with E-state index < -0.39 is 0 Å². The van der Waals surface area contributed by atoms with Crippen LogP contribution in [-0.4, -0.2) is 5.25 Å². The van der Waals surface area contributed by atoms with E-state index in [0.717, 1.165) is 11.8 Å². The molecule has 52 valence electrons. The van der Waals surface area contributed by atoms with Crippen LogP contribution < -0.4 is 0 Å². The van der Waals surface area contributed by atoms with Gasteiger partial charge in [0.2, 0.25) is 0 Å². The van der Waals surface area contributed by atoms with Crippen molar-refractivity contribution in [3.8, 4) is 0 Å². The maximum Gasteiger partial charge on any atom is 0.0225 e. The van der Waals surface area contributed by atoms with E-state index in [1.54, 1.807) is 0 Å². The molecule has 3 atom stereocenters. The van der Waals surface area contributed by atoms with Crippen molar-refractivity contribution in [3.05, 3.63) is 12.2 Å². The van der Waals surface area contributed by atoms with E-state index in [0.29, 0.717) is 5.25 Å². The average Bonchev–Trinajstić information content (AvgIpc) is 1.83. The second kappa shape index (κ2) is 2.78. The first-order valence-corrected chi connectivity index (χ1v) is 4.08. The Hall–Kier alpha value is 0.0900. The Morgan fingerprint density at radius 1 is 1.44 bits per heavy atom. The number of hydrogen-bond donors (Lipinski definition) is 1. The van der Waals surface area contributed by atoms with Crippen molar-refractivity contribution >= 4 is 12.6 Å². The fraction of sp³-hybridized carbons (Fsp3) is 0.750. The highest BCUT2D eigenvalue weighted by Crippen LogP contribution is 2.27. The van der Waals surface area contributed by atoms with E-state index in [9.17, 15) is 0 Å². The van der Waals surface area contributed by atoms with Crippen molar-refractivity contribution in [2.45, 2.75) is 25.5 Å². The first-order valence-electron chi connectivity index (χ1n) is 3.56. The molecular weight excluding hydrogens is 128 g/mol. The average molecular weight is 142 g/mol. The molecular formula is C8H14S. The molecule has 0 amide bonds. The first kappa shape index (κ1) is 7.20. The van der Waals surface area contributed by atoms with Gasteiger partial charge in [-0.15, -0.1) is 0 Å². The molecule has 1 rings (SSSR count). The summed E-state index contributed by atoms with van der Waals surface area (Å²) < 4.78 is 0. The summed E-state index contributed by atoms with van der Waals surface area (Å²) in [5.74, 6) is 1.57. The molecule has 0 N–H and O–H groups in total. The molecule has 3 unspecified atom stereocenters. The highest BCUT2D eigenvalue weighted by molar-refractivity contribution is 7.81. The molecule has 0 saturated carbocycles. The van der Waals surface area contributed by atoms with Gasteiger partial charge in [-0.05, 0) is 18.3 Å². The Kier molecular flexibility index (Phi) is 2.23. The lowest BCUT2D eigenvalue weighted by Gasteiger charge is -2.26. The standard InChI is InChI=1S/C8H14S/c1-6-4-3-5-8(9)7(6)2/h3,5-9H,4H2,1-2H3. The molecule has 1 aliphatic rings. The Morgan fingerprint density at radius 2 is 2.11 bits per heavy atom. The fourth-order valence-corrected chi connectivity index (χ4v) is 1.57. The van der Waals surface area contributed by atoms with E-state index in [1.807, 2.05) is 0 Å². The lowest BCUT2D eigenvalue weighted by molar-refractivity contribution is 0.389. The smallest absolute Gasteiger partial charge is 0.0225 e. The van der Waals surface area contributed by atoms with Gasteiger partial charge in [0.15, 0.2) is 0 Å². The minimum Gasteiger partial charge on any atom is -0.171 e. The van der Waals surface area contributed by atoms with Gasteiger partial charge in [-0.3, -0.25) is 0 Å². The lowest BCUT2D eigenvalue weighted by atomic mass is 9.86. The van der Waals surface area contributed by atoms with Crippen LogP contribution in [0.25, 0.3) is 0 Å². The third-order valence-corrected chi connectivity index (χ3v) is 2.92. The summed E-state index contributed by atoms with van der Waals surface area (Å²) in [5.41, 5.74) is 0. The molecule has 0 heterocycles. The number of allylic oxidation sites excluding steroid dienone is 1. The molecule has 0 nitrogen and oxygen atoms in total. The van der Waals surface area contributed by atoms with Gasteiger partial charge in [0, 0.05) is 5.25 Å². The quantitative estimate of drug-likeness (QED) is 0.390. The van der Waals surface area contributed by atoms with Gasteiger partial charge >= 0.3 is 0 Å².